The predicted molar refractivity (Wildman–Crippen MR) is 113 cm³/mol. The zero-order valence-corrected chi connectivity index (χ0v) is 16.7. The Kier molecular flexibility index (Phi) is 5.86. The number of esters is 1. The number of nitrogens with two attached hydrogens (primary N) is 1. The summed E-state index contributed by atoms with van der Waals surface area (Å²) in [6.07, 6.45) is 3.52. The van der Waals surface area contributed by atoms with Gasteiger partial charge >= 0.3 is 5.97 Å². The third kappa shape index (κ3) is 4.23. The molecule has 154 valence electrons. The molecule has 0 saturated heterocycles. The lowest BCUT2D eigenvalue weighted by atomic mass is 10.0. The number of para-hydroxylation sites is 1. The van der Waals surface area contributed by atoms with Gasteiger partial charge in [-0.25, -0.2) is 0 Å². The number of carbonyl (C=O) groups excluding carboxylic acids is 1. The first kappa shape index (κ1) is 19.8. The van der Waals surface area contributed by atoms with Crippen LogP contribution in [-0.4, -0.2) is 12.6 Å². The van der Waals surface area contributed by atoms with Crippen molar-refractivity contribution >= 4 is 16.9 Å². The molecule has 0 fully saturated rings. The molecule has 2 aromatic heterocycles. The molecule has 6 heteroatoms. The molecule has 4 rings (SSSR count). The second kappa shape index (κ2) is 8.88. The number of fused-ring (bicyclic) bond motifs is 1. The van der Waals surface area contributed by atoms with Gasteiger partial charge in [0.15, 0.2) is 0 Å². The number of benzene rings is 2. The third-order valence-corrected chi connectivity index (χ3v) is 4.78. The number of furan rings is 2. The molecule has 0 aliphatic carbocycles. The van der Waals surface area contributed by atoms with E-state index in [0.717, 1.165) is 33.2 Å². The van der Waals surface area contributed by atoms with E-state index in [1.807, 2.05) is 48.5 Å². The molecule has 4 aromatic rings. The largest absolute Gasteiger partial charge is 0.489 e. The SMILES string of the molecule is CCOC(=O)Cc1ccccc1OCc1cc(-c2coc(CN)c2)c2occc2c1. The second-order valence-electron chi connectivity index (χ2n) is 6.87. The Balaban J connectivity index is 1.59. The summed E-state index contributed by atoms with van der Waals surface area (Å²) in [5.74, 6) is 1.10. The summed E-state index contributed by atoms with van der Waals surface area (Å²) in [5, 5.41) is 0.974. The van der Waals surface area contributed by atoms with Crippen molar-refractivity contribution in [3.63, 3.8) is 0 Å². The van der Waals surface area contributed by atoms with Gasteiger partial charge in [0, 0.05) is 22.1 Å². The van der Waals surface area contributed by atoms with E-state index in [1.165, 1.54) is 0 Å². The molecule has 0 atom stereocenters. The lowest BCUT2D eigenvalue weighted by molar-refractivity contribution is -0.142. The van der Waals surface area contributed by atoms with Crippen LogP contribution in [0.1, 0.15) is 23.8 Å². The zero-order chi connectivity index (χ0) is 20.9. The Morgan fingerprint density at radius 2 is 1.97 bits per heavy atom. The topological polar surface area (TPSA) is 87.8 Å². The molecule has 0 aliphatic heterocycles. The van der Waals surface area contributed by atoms with Crippen LogP contribution in [-0.2, 0) is 29.1 Å². The van der Waals surface area contributed by atoms with Crippen molar-refractivity contribution in [1.29, 1.82) is 0 Å². The van der Waals surface area contributed by atoms with Crippen LogP contribution in [0.25, 0.3) is 22.1 Å². The highest BCUT2D eigenvalue weighted by atomic mass is 16.5. The fourth-order valence-electron chi connectivity index (χ4n) is 3.39. The maximum atomic E-state index is 11.9. The third-order valence-electron chi connectivity index (χ3n) is 4.78. The predicted octanol–water partition coefficient (Wildman–Crippen LogP) is 4.84. The highest BCUT2D eigenvalue weighted by Gasteiger charge is 2.14. The van der Waals surface area contributed by atoms with Gasteiger partial charge in [0.25, 0.3) is 0 Å². The van der Waals surface area contributed by atoms with E-state index in [0.29, 0.717) is 31.3 Å². The minimum atomic E-state index is -0.272. The van der Waals surface area contributed by atoms with Crippen LogP contribution in [0.5, 0.6) is 5.75 Å². The van der Waals surface area contributed by atoms with Crippen LogP contribution in [0.4, 0.5) is 0 Å². The number of ether oxygens (including phenoxy) is 2. The molecule has 0 aliphatic rings. The van der Waals surface area contributed by atoms with Gasteiger partial charge < -0.3 is 24.0 Å². The van der Waals surface area contributed by atoms with Gasteiger partial charge in [-0.05, 0) is 42.8 Å². The van der Waals surface area contributed by atoms with Crippen molar-refractivity contribution in [1.82, 2.24) is 0 Å². The second-order valence-corrected chi connectivity index (χ2v) is 6.87. The smallest absolute Gasteiger partial charge is 0.310 e. The number of hydrogen-bond acceptors (Lipinski definition) is 6. The average molecular weight is 405 g/mol. The molecule has 0 radical (unpaired) electrons. The van der Waals surface area contributed by atoms with Gasteiger partial charge in [-0.2, -0.15) is 0 Å². The summed E-state index contributed by atoms with van der Waals surface area (Å²) in [6.45, 7) is 2.83. The summed E-state index contributed by atoms with van der Waals surface area (Å²) in [7, 11) is 0. The zero-order valence-electron chi connectivity index (χ0n) is 16.7. The normalized spacial score (nSPS) is 11.0. The lowest BCUT2D eigenvalue weighted by Crippen LogP contribution is -2.09. The lowest BCUT2D eigenvalue weighted by Gasteiger charge is -2.12. The molecule has 6 nitrogen and oxygen atoms in total. The quantitative estimate of drug-likeness (QED) is 0.422. The fourth-order valence-corrected chi connectivity index (χ4v) is 3.39. The van der Waals surface area contributed by atoms with Gasteiger partial charge in [-0.1, -0.05) is 18.2 Å². The van der Waals surface area contributed by atoms with Crippen LogP contribution in [0.2, 0.25) is 0 Å². The van der Waals surface area contributed by atoms with E-state index < -0.39 is 0 Å². The standard InChI is InChI=1S/C24H23NO5/c1-2-27-23(26)12-17-5-3-4-6-22(17)30-14-16-9-18-7-8-28-24(18)21(10-16)19-11-20(13-25)29-15-19/h3-11,15H,2,12-14,25H2,1H3. The molecular formula is C24H23NO5. The Bertz CT molecular complexity index is 1160. The monoisotopic (exact) mass is 405 g/mol. The Morgan fingerprint density at radius 3 is 2.77 bits per heavy atom. The van der Waals surface area contributed by atoms with Gasteiger partial charge in [-0.15, -0.1) is 0 Å². The van der Waals surface area contributed by atoms with E-state index in [-0.39, 0.29) is 12.4 Å². The van der Waals surface area contributed by atoms with Crippen LogP contribution >= 0.6 is 0 Å². The first-order valence-corrected chi connectivity index (χ1v) is 9.82. The summed E-state index contributed by atoms with van der Waals surface area (Å²) >= 11 is 0. The first-order valence-electron chi connectivity index (χ1n) is 9.82. The molecule has 2 heterocycles. The number of carbonyl (C=O) groups is 1. The van der Waals surface area contributed by atoms with E-state index in [2.05, 4.69) is 0 Å². The van der Waals surface area contributed by atoms with E-state index in [1.54, 1.807) is 19.5 Å². The van der Waals surface area contributed by atoms with Crippen molar-refractivity contribution in [2.45, 2.75) is 26.5 Å². The summed E-state index contributed by atoms with van der Waals surface area (Å²) in [5.41, 5.74) is 10.0. The molecule has 30 heavy (non-hydrogen) atoms. The molecule has 2 N–H and O–H groups in total. The Morgan fingerprint density at radius 1 is 1.10 bits per heavy atom. The molecule has 0 amide bonds. The van der Waals surface area contributed by atoms with Gasteiger partial charge in [0.05, 0.1) is 32.1 Å². The highest BCUT2D eigenvalue weighted by molar-refractivity contribution is 5.93. The minimum Gasteiger partial charge on any atom is -0.489 e. The Hall–Kier alpha value is -3.51. The molecule has 0 saturated carbocycles. The number of rotatable bonds is 8. The molecule has 0 spiro atoms. The molecule has 0 unspecified atom stereocenters. The van der Waals surface area contributed by atoms with Crippen LogP contribution in [0.15, 0.2) is 69.9 Å². The van der Waals surface area contributed by atoms with Crippen LogP contribution in [0.3, 0.4) is 0 Å². The van der Waals surface area contributed by atoms with Crippen molar-refractivity contribution < 1.29 is 23.1 Å². The minimum absolute atomic E-state index is 0.174. The highest BCUT2D eigenvalue weighted by Crippen LogP contribution is 2.33. The maximum Gasteiger partial charge on any atom is 0.310 e. The Labute approximate surface area is 174 Å². The van der Waals surface area contributed by atoms with Gasteiger partial charge in [0.1, 0.15) is 23.7 Å². The van der Waals surface area contributed by atoms with Crippen molar-refractivity contribution in [2.75, 3.05) is 6.61 Å². The molecule has 0 bridgehead atoms. The van der Waals surface area contributed by atoms with E-state index >= 15 is 0 Å². The first-order chi connectivity index (χ1) is 14.7. The van der Waals surface area contributed by atoms with Crippen molar-refractivity contribution in [2.24, 2.45) is 5.73 Å². The van der Waals surface area contributed by atoms with E-state index in [4.69, 9.17) is 24.0 Å². The average Bonchev–Trinajstić information content (AvgIpc) is 3.42. The van der Waals surface area contributed by atoms with Crippen molar-refractivity contribution in [3.8, 4) is 16.9 Å². The number of hydrogen-bond donors (Lipinski definition) is 1. The molecule has 2 aromatic carbocycles. The molecular weight excluding hydrogens is 382 g/mol. The summed E-state index contributed by atoms with van der Waals surface area (Å²) in [6, 6.07) is 15.4. The maximum absolute atomic E-state index is 11.9. The van der Waals surface area contributed by atoms with Crippen LogP contribution < -0.4 is 10.5 Å². The van der Waals surface area contributed by atoms with E-state index in [9.17, 15) is 4.79 Å². The van der Waals surface area contributed by atoms with Crippen LogP contribution in [0, 0.1) is 0 Å². The van der Waals surface area contributed by atoms with Gasteiger partial charge in [0.2, 0.25) is 0 Å². The summed E-state index contributed by atoms with van der Waals surface area (Å²) < 4.78 is 22.3. The fraction of sp³-hybridized carbons (Fsp3) is 0.208. The van der Waals surface area contributed by atoms with Crippen molar-refractivity contribution in [3.05, 3.63) is 77.9 Å². The summed E-state index contributed by atoms with van der Waals surface area (Å²) in [4.78, 5) is 11.9. The van der Waals surface area contributed by atoms with Gasteiger partial charge in [-0.3, -0.25) is 4.79 Å².